The maximum absolute atomic E-state index is 12.8. The smallest absolute Gasteiger partial charge is 0.339 e. The lowest BCUT2D eigenvalue weighted by molar-refractivity contribution is 0.0602. The first-order chi connectivity index (χ1) is 13.5. The number of nitrogens with zero attached hydrogens (tertiary/aromatic N) is 1. The van der Waals surface area contributed by atoms with Gasteiger partial charge in [-0.15, -0.1) is 0 Å². The SMILES string of the molecule is COC(=O)c1ccccc1NC(=O)N1CCC[C@H](Nc2ccc(C)c(C)c2)C1. The normalized spacial score (nSPS) is 16.4. The summed E-state index contributed by atoms with van der Waals surface area (Å²) in [5.74, 6) is -0.469. The molecule has 2 amide bonds. The Morgan fingerprint density at radius 1 is 1.11 bits per heavy atom. The predicted molar refractivity (Wildman–Crippen MR) is 111 cm³/mol. The molecule has 6 nitrogen and oxygen atoms in total. The van der Waals surface area contributed by atoms with Crippen molar-refractivity contribution in [2.75, 3.05) is 30.8 Å². The third-order valence-corrected chi connectivity index (χ3v) is 5.16. The van der Waals surface area contributed by atoms with Crippen molar-refractivity contribution in [3.8, 4) is 0 Å². The molecule has 0 aromatic heterocycles. The van der Waals surface area contributed by atoms with Gasteiger partial charge in [0.15, 0.2) is 0 Å². The summed E-state index contributed by atoms with van der Waals surface area (Å²) in [6, 6.07) is 13.2. The molecule has 1 heterocycles. The Morgan fingerprint density at radius 2 is 1.89 bits per heavy atom. The molecular weight excluding hydrogens is 354 g/mol. The Balaban J connectivity index is 1.65. The van der Waals surface area contributed by atoms with Gasteiger partial charge in [0.1, 0.15) is 0 Å². The summed E-state index contributed by atoms with van der Waals surface area (Å²) in [7, 11) is 1.33. The summed E-state index contributed by atoms with van der Waals surface area (Å²) in [6.45, 7) is 5.49. The molecule has 6 heteroatoms. The molecule has 1 aliphatic rings. The Kier molecular flexibility index (Phi) is 6.19. The van der Waals surface area contributed by atoms with Crippen molar-refractivity contribution in [3.05, 3.63) is 59.2 Å². The summed E-state index contributed by atoms with van der Waals surface area (Å²) >= 11 is 0. The molecular formula is C22H27N3O3. The average molecular weight is 381 g/mol. The van der Waals surface area contributed by atoms with Crippen LogP contribution in [0.2, 0.25) is 0 Å². The first-order valence-electron chi connectivity index (χ1n) is 9.55. The van der Waals surface area contributed by atoms with Crippen LogP contribution in [0.1, 0.15) is 34.3 Å². The van der Waals surface area contributed by atoms with Gasteiger partial charge in [-0.2, -0.15) is 0 Å². The summed E-state index contributed by atoms with van der Waals surface area (Å²) in [5, 5.41) is 6.40. The van der Waals surface area contributed by atoms with E-state index in [1.165, 1.54) is 18.2 Å². The molecule has 1 fully saturated rings. The molecule has 2 N–H and O–H groups in total. The number of amides is 2. The van der Waals surface area contributed by atoms with Crippen LogP contribution < -0.4 is 10.6 Å². The van der Waals surface area contributed by atoms with Crippen LogP contribution in [0.15, 0.2) is 42.5 Å². The topological polar surface area (TPSA) is 70.7 Å². The molecule has 148 valence electrons. The number of urea groups is 1. The second-order valence-electron chi connectivity index (χ2n) is 7.20. The number of carbonyl (C=O) groups is 2. The van der Waals surface area contributed by atoms with Crippen LogP contribution >= 0.6 is 0 Å². The maximum atomic E-state index is 12.8. The lowest BCUT2D eigenvalue weighted by Gasteiger charge is -2.34. The van der Waals surface area contributed by atoms with Crippen LogP contribution in [0.5, 0.6) is 0 Å². The Hall–Kier alpha value is -3.02. The Labute approximate surface area is 165 Å². The minimum absolute atomic E-state index is 0.192. The van der Waals surface area contributed by atoms with Crippen molar-refractivity contribution < 1.29 is 14.3 Å². The van der Waals surface area contributed by atoms with Gasteiger partial charge in [0, 0.05) is 24.8 Å². The van der Waals surface area contributed by atoms with E-state index in [9.17, 15) is 9.59 Å². The van der Waals surface area contributed by atoms with Gasteiger partial charge in [0.25, 0.3) is 0 Å². The summed E-state index contributed by atoms with van der Waals surface area (Å²) in [5.41, 5.74) is 4.39. The summed E-state index contributed by atoms with van der Waals surface area (Å²) in [6.07, 6.45) is 1.93. The molecule has 0 radical (unpaired) electrons. The summed E-state index contributed by atoms with van der Waals surface area (Å²) in [4.78, 5) is 26.5. The van der Waals surface area contributed by atoms with E-state index in [1.807, 2.05) is 0 Å². The van der Waals surface area contributed by atoms with Gasteiger partial charge in [-0.3, -0.25) is 0 Å². The van der Waals surface area contributed by atoms with Crippen LogP contribution in [-0.4, -0.2) is 43.1 Å². The number of para-hydroxylation sites is 1. The number of nitrogens with one attached hydrogen (secondary N) is 2. The van der Waals surface area contributed by atoms with Gasteiger partial charge in [-0.25, -0.2) is 9.59 Å². The molecule has 0 spiro atoms. The molecule has 1 atom stereocenters. The van der Waals surface area contributed by atoms with Crippen LogP contribution in [0.3, 0.4) is 0 Å². The number of piperidine rings is 1. The summed E-state index contributed by atoms with van der Waals surface area (Å²) < 4.78 is 4.79. The highest BCUT2D eigenvalue weighted by molar-refractivity contribution is 6.00. The molecule has 28 heavy (non-hydrogen) atoms. The van der Waals surface area contributed by atoms with Crippen LogP contribution in [0.25, 0.3) is 0 Å². The lowest BCUT2D eigenvalue weighted by atomic mass is 10.0. The molecule has 2 aromatic rings. The fourth-order valence-corrected chi connectivity index (χ4v) is 3.42. The van der Waals surface area contributed by atoms with Crippen molar-refractivity contribution in [2.45, 2.75) is 32.7 Å². The van der Waals surface area contributed by atoms with E-state index in [0.717, 1.165) is 18.5 Å². The number of methoxy groups -OCH3 is 1. The van der Waals surface area contributed by atoms with Gasteiger partial charge in [0.05, 0.1) is 18.4 Å². The fraction of sp³-hybridized carbons (Fsp3) is 0.364. The van der Waals surface area contributed by atoms with E-state index in [2.05, 4.69) is 42.7 Å². The Bertz CT molecular complexity index is 866. The minimum Gasteiger partial charge on any atom is -0.465 e. The van der Waals surface area contributed by atoms with E-state index >= 15 is 0 Å². The highest BCUT2D eigenvalue weighted by Gasteiger charge is 2.24. The van der Waals surface area contributed by atoms with Gasteiger partial charge >= 0.3 is 12.0 Å². The largest absolute Gasteiger partial charge is 0.465 e. The number of anilines is 2. The number of carbonyl (C=O) groups excluding carboxylic acids is 2. The van der Waals surface area contributed by atoms with Gasteiger partial charge in [-0.1, -0.05) is 18.2 Å². The number of aryl methyl sites for hydroxylation is 2. The molecule has 3 rings (SSSR count). The van der Waals surface area contributed by atoms with Gasteiger partial charge in [-0.05, 0) is 62.1 Å². The predicted octanol–water partition coefficient (Wildman–Crippen LogP) is 4.20. The number of benzene rings is 2. The number of hydrogen-bond donors (Lipinski definition) is 2. The lowest BCUT2D eigenvalue weighted by Crippen LogP contribution is -2.46. The molecule has 0 aliphatic carbocycles. The maximum Gasteiger partial charge on any atom is 0.339 e. The van der Waals surface area contributed by atoms with Crippen molar-refractivity contribution in [1.82, 2.24) is 4.90 Å². The van der Waals surface area contributed by atoms with Crippen molar-refractivity contribution in [3.63, 3.8) is 0 Å². The van der Waals surface area contributed by atoms with E-state index in [1.54, 1.807) is 29.2 Å². The molecule has 0 unspecified atom stereocenters. The number of esters is 1. The zero-order valence-electron chi connectivity index (χ0n) is 16.6. The van der Waals surface area contributed by atoms with E-state index in [4.69, 9.17) is 4.74 Å². The third kappa shape index (κ3) is 4.63. The first kappa shape index (κ1) is 19.7. The van der Waals surface area contributed by atoms with Crippen molar-refractivity contribution >= 4 is 23.4 Å². The Morgan fingerprint density at radius 3 is 2.64 bits per heavy atom. The fourth-order valence-electron chi connectivity index (χ4n) is 3.42. The van der Waals surface area contributed by atoms with Gasteiger partial charge in [0.2, 0.25) is 0 Å². The van der Waals surface area contributed by atoms with Crippen LogP contribution in [0, 0.1) is 13.8 Å². The zero-order chi connectivity index (χ0) is 20.1. The third-order valence-electron chi connectivity index (χ3n) is 5.16. The number of likely N-dealkylation sites (tertiary alicyclic amines) is 1. The average Bonchev–Trinajstić information content (AvgIpc) is 2.71. The van der Waals surface area contributed by atoms with Gasteiger partial charge < -0.3 is 20.3 Å². The van der Waals surface area contributed by atoms with E-state index in [0.29, 0.717) is 24.3 Å². The molecule has 0 saturated carbocycles. The van der Waals surface area contributed by atoms with Crippen molar-refractivity contribution in [2.24, 2.45) is 0 Å². The molecule has 0 bridgehead atoms. The second-order valence-corrected chi connectivity index (χ2v) is 7.20. The highest BCUT2D eigenvalue weighted by Crippen LogP contribution is 2.21. The quantitative estimate of drug-likeness (QED) is 0.779. The number of ether oxygens (including phenoxy) is 1. The number of rotatable bonds is 4. The molecule has 1 aliphatic heterocycles. The van der Waals surface area contributed by atoms with E-state index < -0.39 is 5.97 Å². The molecule has 2 aromatic carbocycles. The van der Waals surface area contributed by atoms with Crippen LogP contribution in [-0.2, 0) is 4.74 Å². The highest BCUT2D eigenvalue weighted by atomic mass is 16.5. The minimum atomic E-state index is -0.469. The first-order valence-corrected chi connectivity index (χ1v) is 9.55. The van der Waals surface area contributed by atoms with Crippen molar-refractivity contribution in [1.29, 1.82) is 0 Å². The molecule has 1 saturated heterocycles. The van der Waals surface area contributed by atoms with E-state index in [-0.39, 0.29) is 12.1 Å². The zero-order valence-corrected chi connectivity index (χ0v) is 16.6. The van der Waals surface area contributed by atoms with Crippen LogP contribution in [0.4, 0.5) is 16.2 Å². The number of hydrogen-bond acceptors (Lipinski definition) is 4. The standard InChI is InChI=1S/C22H27N3O3/c1-15-10-11-17(13-16(15)2)23-18-7-6-12-25(14-18)22(27)24-20-9-5-4-8-19(20)21(26)28-3/h4-5,8-11,13,18,23H,6-7,12,14H2,1-3H3,(H,24,27)/t18-/m0/s1. The second kappa shape index (κ2) is 8.78. The monoisotopic (exact) mass is 381 g/mol.